The van der Waals surface area contributed by atoms with Gasteiger partial charge in [-0.3, -0.25) is 9.11 Å². The summed E-state index contributed by atoms with van der Waals surface area (Å²) in [6.45, 7) is 1.21. The predicted octanol–water partition coefficient (Wildman–Crippen LogP) is -1.42. The summed E-state index contributed by atoms with van der Waals surface area (Å²) in [5.74, 6) is 0. The van der Waals surface area contributed by atoms with Gasteiger partial charge in [0.15, 0.2) is 0 Å². The molecule has 0 aliphatic carbocycles. The topological polar surface area (TPSA) is 109 Å². The van der Waals surface area contributed by atoms with Gasteiger partial charge < -0.3 is 0 Å². The third-order valence-electron chi connectivity index (χ3n) is 0.998. The summed E-state index contributed by atoms with van der Waals surface area (Å²) in [6, 6.07) is 0. The van der Waals surface area contributed by atoms with Crippen molar-refractivity contribution in [1.29, 1.82) is 0 Å². The van der Waals surface area contributed by atoms with E-state index in [0.717, 1.165) is 0 Å². The van der Waals surface area contributed by atoms with Crippen LogP contribution in [0, 0.1) is 0 Å². The summed E-state index contributed by atoms with van der Waals surface area (Å²) in [6.07, 6.45) is -0.391. The van der Waals surface area contributed by atoms with Crippen LogP contribution in [0.15, 0.2) is 0 Å². The van der Waals surface area contributed by atoms with Crippen LogP contribution in [0.2, 0.25) is 0 Å². The van der Waals surface area contributed by atoms with Crippen LogP contribution in [0.1, 0.15) is 13.3 Å². The molecule has 0 aromatic carbocycles. The third kappa shape index (κ3) is 5.19. The summed E-state index contributed by atoms with van der Waals surface area (Å²) in [7, 11) is -9.42. The van der Waals surface area contributed by atoms with Gasteiger partial charge in [-0.1, -0.05) is 6.92 Å². The van der Waals surface area contributed by atoms with E-state index >= 15 is 0 Å². The first kappa shape index (κ1) is 15.8. The van der Waals surface area contributed by atoms with Crippen molar-refractivity contribution in [3.63, 3.8) is 0 Å². The molecule has 0 aliphatic heterocycles. The molecule has 0 fully saturated rings. The monoisotopic (exact) mass is 344 g/mol. The van der Waals surface area contributed by atoms with E-state index in [1.54, 1.807) is 0 Å². The second kappa shape index (κ2) is 5.32. The molecule has 0 aromatic heterocycles. The summed E-state index contributed by atoms with van der Waals surface area (Å²) in [5.41, 5.74) is 0. The Morgan fingerprint density at radius 1 is 1.08 bits per heavy atom. The first-order chi connectivity index (χ1) is 4.69. The van der Waals surface area contributed by atoms with Gasteiger partial charge in [-0.2, -0.15) is 16.8 Å². The molecular weight excluding hydrogens is 333 g/mol. The minimum atomic E-state index is -4.71. The first-order valence-electron chi connectivity index (χ1n) is 2.62. The average molecular weight is 344 g/mol. The SMILES string of the molecule is CCC(S(=O)(=O)O)S(=O)(=O)O.[BaH2]. The Labute approximate surface area is 111 Å². The Balaban J connectivity index is 0. The molecule has 0 atom stereocenters. The molecular formula is C3H10BaO6S2. The van der Waals surface area contributed by atoms with Gasteiger partial charge in [0.05, 0.1) is 0 Å². The minimum absolute atomic E-state index is 0. The average Bonchev–Trinajstić information content (AvgIpc) is 1.56. The van der Waals surface area contributed by atoms with Crippen LogP contribution in [0.25, 0.3) is 0 Å². The maximum atomic E-state index is 10.2. The fourth-order valence-electron chi connectivity index (χ4n) is 0.575. The zero-order chi connectivity index (χ0) is 9.28. The van der Waals surface area contributed by atoms with Gasteiger partial charge in [0.2, 0.25) is 4.58 Å². The Morgan fingerprint density at radius 2 is 1.33 bits per heavy atom. The van der Waals surface area contributed by atoms with Crippen molar-refractivity contribution in [3.05, 3.63) is 0 Å². The fourth-order valence-corrected chi connectivity index (χ4v) is 2.65. The van der Waals surface area contributed by atoms with Crippen molar-refractivity contribution in [1.82, 2.24) is 0 Å². The second-order valence-electron chi connectivity index (χ2n) is 1.87. The molecule has 9 heteroatoms. The number of rotatable bonds is 3. The van der Waals surface area contributed by atoms with Gasteiger partial charge in [0.1, 0.15) is 0 Å². The summed E-state index contributed by atoms with van der Waals surface area (Å²) < 4.78 is 55.3. The van der Waals surface area contributed by atoms with Gasteiger partial charge in [0, 0.05) is 0 Å². The Hall–Kier alpha value is 1.39. The van der Waals surface area contributed by atoms with E-state index in [9.17, 15) is 16.8 Å². The van der Waals surface area contributed by atoms with Gasteiger partial charge in [-0.15, -0.1) is 0 Å². The quantitative estimate of drug-likeness (QED) is 0.481. The molecule has 0 aliphatic rings. The van der Waals surface area contributed by atoms with Crippen molar-refractivity contribution >= 4 is 69.1 Å². The Morgan fingerprint density at radius 3 is 1.33 bits per heavy atom. The van der Waals surface area contributed by atoms with E-state index in [1.165, 1.54) is 6.92 Å². The predicted molar refractivity (Wildman–Crippen MR) is 45.7 cm³/mol. The molecule has 6 nitrogen and oxygen atoms in total. The summed E-state index contributed by atoms with van der Waals surface area (Å²) >= 11 is 0. The van der Waals surface area contributed by atoms with E-state index in [-0.39, 0.29) is 48.9 Å². The molecule has 2 N–H and O–H groups in total. The zero-order valence-corrected chi connectivity index (χ0v) is 7.26. The third-order valence-corrected chi connectivity index (χ3v) is 4.45. The van der Waals surface area contributed by atoms with Crippen LogP contribution in [0.3, 0.4) is 0 Å². The molecule has 0 saturated carbocycles. The Kier molecular flexibility index (Phi) is 7.02. The van der Waals surface area contributed by atoms with Crippen LogP contribution in [0.5, 0.6) is 0 Å². The zero-order valence-electron chi connectivity index (χ0n) is 5.63. The molecule has 0 unspecified atom stereocenters. The van der Waals surface area contributed by atoms with Crippen molar-refractivity contribution in [2.75, 3.05) is 0 Å². The summed E-state index contributed by atoms with van der Waals surface area (Å²) in [5, 5.41) is 0. The van der Waals surface area contributed by atoms with Crippen LogP contribution < -0.4 is 0 Å². The molecule has 72 valence electrons. The van der Waals surface area contributed by atoms with Crippen molar-refractivity contribution in [2.24, 2.45) is 0 Å². The molecule has 0 saturated heterocycles. The van der Waals surface area contributed by atoms with Crippen LogP contribution >= 0.6 is 0 Å². The molecule has 0 spiro atoms. The van der Waals surface area contributed by atoms with Gasteiger partial charge in [-0.25, -0.2) is 0 Å². The van der Waals surface area contributed by atoms with Crippen LogP contribution in [0.4, 0.5) is 0 Å². The molecule has 0 amide bonds. The second-order valence-corrected chi connectivity index (χ2v) is 5.36. The van der Waals surface area contributed by atoms with Gasteiger partial charge in [-0.05, 0) is 6.42 Å². The standard InChI is InChI=1S/C3H8O6S2.Ba.2H/c1-2-3(10(4,5)6)11(7,8)9;;;/h3H,2H2,1H3,(H,4,5,6)(H,7,8,9);;;. The fraction of sp³-hybridized carbons (Fsp3) is 1.00. The molecule has 0 heterocycles. The number of hydrogen-bond acceptors (Lipinski definition) is 4. The van der Waals surface area contributed by atoms with E-state index in [2.05, 4.69) is 0 Å². The van der Waals surface area contributed by atoms with E-state index in [4.69, 9.17) is 9.11 Å². The molecule has 0 bridgehead atoms. The van der Waals surface area contributed by atoms with E-state index in [1.807, 2.05) is 0 Å². The maximum absolute atomic E-state index is 10.2. The Bertz CT molecular complexity index is 283. The molecule has 0 aromatic rings. The molecule has 0 rings (SSSR count). The van der Waals surface area contributed by atoms with E-state index in [0.29, 0.717) is 0 Å². The van der Waals surface area contributed by atoms with E-state index < -0.39 is 31.2 Å². The molecule has 0 radical (unpaired) electrons. The normalized spacial score (nSPS) is 12.7. The first-order valence-corrected chi connectivity index (χ1v) is 5.63. The van der Waals surface area contributed by atoms with Gasteiger partial charge in [0.25, 0.3) is 20.2 Å². The van der Waals surface area contributed by atoms with Crippen molar-refractivity contribution in [3.8, 4) is 0 Å². The molecule has 12 heavy (non-hydrogen) atoms. The van der Waals surface area contributed by atoms with Gasteiger partial charge >= 0.3 is 48.9 Å². The van der Waals surface area contributed by atoms with Crippen molar-refractivity contribution < 1.29 is 25.9 Å². The van der Waals surface area contributed by atoms with Crippen molar-refractivity contribution in [2.45, 2.75) is 17.9 Å². The summed E-state index contributed by atoms with van der Waals surface area (Å²) in [4.78, 5) is 0. The number of hydrogen-bond donors (Lipinski definition) is 2. The van der Waals surface area contributed by atoms with Crippen LogP contribution in [-0.2, 0) is 20.2 Å². The van der Waals surface area contributed by atoms with Crippen LogP contribution in [-0.4, -0.2) is 79.4 Å².